The first-order chi connectivity index (χ1) is 8.72. The lowest BCUT2D eigenvalue weighted by atomic mass is 10.2. The summed E-state index contributed by atoms with van der Waals surface area (Å²) in [4.78, 5) is 8.98. The molecule has 0 radical (unpaired) electrons. The topological polar surface area (TPSA) is 51.0 Å². The predicted octanol–water partition coefficient (Wildman–Crippen LogP) is 3.88. The van der Waals surface area contributed by atoms with Gasteiger partial charge in [-0.2, -0.15) is 0 Å². The van der Waals surface area contributed by atoms with Crippen molar-refractivity contribution < 1.29 is 4.42 Å². The zero-order chi connectivity index (χ0) is 13.0. The van der Waals surface area contributed by atoms with E-state index in [0.717, 1.165) is 30.9 Å². The molecular weight excluding hydrogens is 294 g/mol. The Morgan fingerprint density at radius 1 is 1.28 bits per heavy atom. The molecule has 0 aliphatic rings. The van der Waals surface area contributed by atoms with E-state index in [2.05, 4.69) is 38.1 Å². The Hall–Kier alpha value is -1.36. The van der Waals surface area contributed by atoms with Crippen molar-refractivity contribution in [3.8, 4) is 11.6 Å². The Labute approximate surface area is 115 Å². The van der Waals surface area contributed by atoms with Gasteiger partial charge >= 0.3 is 0 Å². The molecule has 18 heavy (non-hydrogen) atoms. The van der Waals surface area contributed by atoms with E-state index in [4.69, 9.17) is 4.42 Å². The van der Waals surface area contributed by atoms with Crippen LogP contribution in [0.1, 0.15) is 26.0 Å². The molecule has 0 atom stereocenters. The van der Waals surface area contributed by atoms with Crippen molar-refractivity contribution in [2.75, 3.05) is 11.9 Å². The van der Waals surface area contributed by atoms with Crippen LogP contribution in [0, 0.1) is 0 Å². The van der Waals surface area contributed by atoms with Crippen LogP contribution in [0.2, 0.25) is 0 Å². The van der Waals surface area contributed by atoms with Crippen molar-refractivity contribution in [2.45, 2.75) is 26.7 Å². The lowest BCUT2D eigenvalue weighted by Crippen LogP contribution is -2.03. The number of nitrogens with one attached hydrogen (secondary N) is 1. The summed E-state index contributed by atoms with van der Waals surface area (Å²) in [5, 5.41) is 3.22. The number of aromatic nitrogens is 2. The minimum absolute atomic E-state index is 0.627. The first-order valence-electron chi connectivity index (χ1n) is 6.10. The van der Waals surface area contributed by atoms with E-state index in [1.807, 2.05) is 25.1 Å². The third-order valence-corrected chi connectivity index (χ3v) is 2.86. The molecule has 0 fully saturated rings. The maximum atomic E-state index is 5.50. The first kappa shape index (κ1) is 13.1. The maximum Gasteiger partial charge on any atom is 0.197 e. The van der Waals surface area contributed by atoms with Crippen molar-refractivity contribution in [1.29, 1.82) is 0 Å². The molecule has 2 heterocycles. The van der Waals surface area contributed by atoms with Crippen molar-refractivity contribution >= 4 is 21.7 Å². The average Bonchev–Trinajstić information content (AvgIpc) is 2.76. The number of hydrogen-bond donors (Lipinski definition) is 1. The van der Waals surface area contributed by atoms with Crippen LogP contribution in [0.25, 0.3) is 11.6 Å². The van der Waals surface area contributed by atoms with Crippen LogP contribution in [0.3, 0.4) is 0 Å². The van der Waals surface area contributed by atoms with Crippen LogP contribution < -0.4 is 5.32 Å². The summed E-state index contributed by atoms with van der Waals surface area (Å²) in [6, 6.07) is 5.71. The molecule has 96 valence electrons. The summed E-state index contributed by atoms with van der Waals surface area (Å²) in [5.74, 6) is 2.15. The van der Waals surface area contributed by atoms with E-state index in [9.17, 15) is 0 Å². The molecule has 0 aromatic carbocycles. The summed E-state index contributed by atoms with van der Waals surface area (Å²) in [6.07, 6.45) is 2.00. The molecule has 0 saturated heterocycles. The number of nitrogens with zero attached hydrogens (tertiary/aromatic N) is 2. The Kier molecular flexibility index (Phi) is 4.36. The van der Waals surface area contributed by atoms with Gasteiger partial charge in [-0.25, -0.2) is 9.97 Å². The second-order valence-electron chi connectivity index (χ2n) is 3.95. The Balaban J connectivity index is 2.39. The monoisotopic (exact) mass is 309 g/mol. The number of halogens is 1. The van der Waals surface area contributed by atoms with Crippen molar-refractivity contribution in [3.63, 3.8) is 0 Å². The number of aryl methyl sites for hydroxylation is 1. The van der Waals surface area contributed by atoms with E-state index in [1.54, 1.807) is 0 Å². The van der Waals surface area contributed by atoms with Gasteiger partial charge in [0.05, 0.1) is 0 Å². The first-order valence-corrected chi connectivity index (χ1v) is 6.89. The fraction of sp³-hybridized carbons (Fsp3) is 0.385. The zero-order valence-corrected chi connectivity index (χ0v) is 12.1. The molecule has 0 amide bonds. The molecular formula is C13H16BrN3O. The van der Waals surface area contributed by atoms with Gasteiger partial charge < -0.3 is 9.73 Å². The highest BCUT2D eigenvalue weighted by Crippen LogP contribution is 2.23. The number of anilines is 1. The SMILES string of the molecule is CCCc1cc(NCC)nc(-c2ccc(Br)o2)n1. The van der Waals surface area contributed by atoms with Gasteiger partial charge in [0, 0.05) is 18.3 Å². The second-order valence-corrected chi connectivity index (χ2v) is 4.73. The quantitative estimate of drug-likeness (QED) is 0.910. The number of rotatable bonds is 5. The molecule has 0 spiro atoms. The summed E-state index contributed by atoms with van der Waals surface area (Å²) in [5.41, 5.74) is 1.03. The fourth-order valence-electron chi connectivity index (χ4n) is 1.70. The largest absolute Gasteiger partial charge is 0.446 e. The van der Waals surface area contributed by atoms with Crippen molar-refractivity contribution in [2.24, 2.45) is 0 Å². The third-order valence-electron chi connectivity index (χ3n) is 2.44. The molecule has 1 N–H and O–H groups in total. The normalized spacial score (nSPS) is 10.6. The van der Waals surface area contributed by atoms with Gasteiger partial charge in [0.15, 0.2) is 16.3 Å². The summed E-state index contributed by atoms with van der Waals surface area (Å²) in [7, 11) is 0. The van der Waals surface area contributed by atoms with Gasteiger partial charge in [-0.05, 0) is 41.4 Å². The molecule has 2 rings (SSSR count). The van der Waals surface area contributed by atoms with Gasteiger partial charge in [0.1, 0.15) is 5.82 Å². The van der Waals surface area contributed by atoms with Crippen LogP contribution in [0.4, 0.5) is 5.82 Å². The van der Waals surface area contributed by atoms with E-state index in [1.165, 1.54) is 0 Å². The Bertz CT molecular complexity index is 500. The minimum atomic E-state index is 0.627. The molecule has 0 saturated carbocycles. The fourth-order valence-corrected chi connectivity index (χ4v) is 2.00. The van der Waals surface area contributed by atoms with Gasteiger partial charge in [-0.15, -0.1) is 0 Å². The highest BCUT2D eigenvalue weighted by Gasteiger charge is 2.09. The highest BCUT2D eigenvalue weighted by atomic mass is 79.9. The highest BCUT2D eigenvalue weighted by molar-refractivity contribution is 9.10. The molecule has 5 heteroatoms. The maximum absolute atomic E-state index is 5.50. The minimum Gasteiger partial charge on any atom is -0.446 e. The molecule has 2 aromatic heterocycles. The summed E-state index contributed by atoms with van der Waals surface area (Å²) in [6.45, 7) is 5.02. The second kappa shape index (κ2) is 6.00. The molecule has 0 aliphatic carbocycles. The third kappa shape index (κ3) is 3.10. The zero-order valence-electron chi connectivity index (χ0n) is 10.5. The average molecular weight is 310 g/mol. The van der Waals surface area contributed by atoms with E-state index in [0.29, 0.717) is 16.3 Å². The standard InChI is InChI=1S/C13H16BrN3O/c1-3-5-9-8-12(15-4-2)17-13(16-9)10-6-7-11(14)18-10/h6-8H,3-5H2,1-2H3,(H,15,16,17). The smallest absolute Gasteiger partial charge is 0.197 e. The van der Waals surface area contributed by atoms with E-state index in [-0.39, 0.29) is 0 Å². The van der Waals surface area contributed by atoms with Gasteiger partial charge in [0.2, 0.25) is 0 Å². The van der Waals surface area contributed by atoms with Crippen LogP contribution >= 0.6 is 15.9 Å². The number of hydrogen-bond acceptors (Lipinski definition) is 4. The molecule has 4 nitrogen and oxygen atoms in total. The Morgan fingerprint density at radius 2 is 2.11 bits per heavy atom. The molecule has 0 aliphatic heterocycles. The van der Waals surface area contributed by atoms with Crippen LogP contribution in [0.15, 0.2) is 27.3 Å². The summed E-state index contributed by atoms with van der Waals surface area (Å²) < 4.78 is 6.19. The van der Waals surface area contributed by atoms with Crippen LogP contribution in [-0.4, -0.2) is 16.5 Å². The van der Waals surface area contributed by atoms with E-state index < -0.39 is 0 Å². The lowest BCUT2D eigenvalue weighted by molar-refractivity contribution is 0.551. The van der Waals surface area contributed by atoms with Gasteiger partial charge in [-0.3, -0.25) is 0 Å². The van der Waals surface area contributed by atoms with Crippen molar-refractivity contribution in [3.05, 3.63) is 28.6 Å². The van der Waals surface area contributed by atoms with Crippen LogP contribution in [0.5, 0.6) is 0 Å². The van der Waals surface area contributed by atoms with Gasteiger partial charge in [-0.1, -0.05) is 13.3 Å². The summed E-state index contributed by atoms with van der Waals surface area (Å²) >= 11 is 3.29. The predicted molar refractivity (Wildman–Crippen MR) is 75.6 cm³/mol. The molecule has 0 unspecified atom stereocenters. The number of furan rings is 1. The van der Waals surface area contributed by atoms with Crippen molar-refractivity contribution in [1.82, 2.24) is 9.97 Å². The Morgan fingerprint density at radius 3 is 2.72 bits per heavy atom. The van der Waals surface area contributed by atoms with Gasteiger partial charge in [0.25, 0.3) is 0 Å². The molecule has 0 bridgehead atoms. The lowest BCUT2D eigenvalue weighted by Gasteiger charge is -2.07. The van der Waals surface area contributed by atoms with E-state index >= 15 is 0 Å². The molecule has 2 aromatic rings. The van der Waals surface area contributed by atoms with Crippen LogP contribution in [-0.2, 0) is 6.42 Å².